The molecular formula is C12H10BrNOS. The Balaban J connectivity index is 2.42. The predicted octanol–water partition coefficient (Wildman–Crippen LogP) is 3.63. The molecule has 82 valence electrons. The quantitative estimate of drug-likeness (QED) is 0.679. The number of nitrogen functional groups attached to an aromatic ring is 1. The molecule has 1 heterocycles. The average molecular weight is 296 g/mol. The van der Waals surface area contributed by atoms with Crippen LogP contribution in [-0.2, 0) is 0 Å². The molecule has 0 unspecified atom stereocenters. The van der Waals surface area contributed by atoms with Gasteiger partial charge in [0, 0.05) is 32.0 Å². The standard InChI is InChI=1S/C12H10BrNOS/c1-7-4-8(2-3-11(7)14)12(15)9-5-16-6-10(9)13/h2-6H,14H2,1H3. The molecule has 0 aliphatic heterocycles. The van der Waals surface area contributed by atoms with Gasteiger partial charge in [-0.25, -0.2) is 0 Å². The summed E-state index contributed by atoms with van der Waals surface area (Å²) < 4.78 is 0.844. The van der Waals surface area contributed by atoms with Crippen LogP contribution in [0.5, 0.6) is 0 Å². The summed E-state index contributed by atoms with van der Waals surface area (Å²) in [4.78, 5) is 12.1. The molecular weight excluding hydrogens is 286 g/mol. The van der Waals surface area contributed by atoms with E-state index in [2.05, 4.69) is 15.9 Å². The lowest BCUT2D eigenvalue weighted by Gasteiger charge is -2.03. The number of anilines is 1. The normalized spacial score (nSPS) is 10.4. The maximum atomic E-state index is 12.1. The number of aryl methyl sites for hydroxylation is 1. The Morgan fingerprint density at radius 1 is 1.38 bits per heavy atom. The summed E-state index contributed by atoms with van der Waals surface area (Å²) in [6.07, 6.45) is 0. The van der Waals surface area contributed by atoms with Crippen molar-refractivity contribution in [1.29, 1.82) is 0 Å². The first-order valence-electron chi connectivity index (χ1n) is 4.72. The van der Waals surface area contributed by atoms with E-state index in [9.17, 15) is 4.79 Å². The van der Waals surface area contributed by atoms with Crippen LogP contribution in [0, 0.1) is 6.92 Å². The van der Waals surface area contributed by atoms with Crippen molar-refractivity contribution < 1.29 is 4.79 Å². The van der Waals surface area contributed by atoms with Crippen LogP contribution in [0.1, 0.15) is 21.5 Å². The van der Waals surface area contributed by atoms with Crippen LogP contribution in [0.2, 0.25) is 0 Å². The van der Waals surface area contributed by atoms with Crippen molar-refractivity contribution in [2.75, 3.05) is 5.73 Å². The van der Waals surface area contributed by atoms with Gasteiger partial charge in [-0.1, -0.05) is 0 Å². The van der Waals surface area contributed by atoms with Gasteiger partial charge >= 0.3 is 0 Å². The second-order valence-electron chi connectivity index (χ2n) is 3.53. The highest BCUT2D eigenvalue weighted by Crippen LogP contribution is 2.25. The molecule has 4 heteroatoms. The summed E-state index contributed by atoms with van der Waals surface area (Å²) >= 11 is 4.87. The number of carbonyl (C=O) groups excluding carboxylic acids is 1. The number of benzene rings is 1. The van der Waals surface area contributed by atoms with Crippen molar-refractivity contribution in [3.63, 3.8) is 0 Å². The molecule has 1 aromatic carbocycles. The number of hydrogen-bond donors (Lipinski definition) is 1. The molecule has 0 bridgehead atoms. The third-order valence-corrected chi connectivity index (χ3v) is 4.09. The SMILES string of the molecule is Cc1cc(C(=O)c2cscc2Br)ccc1N. The molecule has 0 aliphatic rings. The second-order valence-corrected chi connectivity index (χ2v) is 5.13. The first-order valence-corrected chi connectivity index (χ1v) is 6.45. The van der Waals surface area contributed by atoms with Gasteiger partial charge in [-0.05, 0) is 46.6 Å². The van der Waals surface area contributed by atoms with Gasteiger partial charge in [-0.2, -0.15) is 11.3 Å². The molecule has 1 aromatic heterocycles. The minimum absolute atomic E-state index is 0.0243. The molecule has 0 radical (unpaired) electrons. The highest BCUT2D eigenvalue weighted by molar-refractivity contribution is 9.10. The number of carbonyl (C=O) groups is 1. The van der Waals surface area contributed by atoms with E-state index < -0.39 is 0 Å². The van der Waals surface area contributed by atoms with E-state index in [0.29, 0.717) is 16.8 Å². The Kier molecular flexibility index (Phi) is 3.12. The third kappa shape index (κ3) is 2.03. The Morgan fingerprint density at radius 2 is 2.12 bits per heavy atom. The molecule has 0 atom stereocenters. The van der Waals surface area contributed by atoms with Crippen molar-refractivity contribution >= 4 is 38.7 Å². The van der Waals surface area contributed by atoms with Crippen LogP contribution < -0.4 is 5.73 Å². The van der Waals surface area contributed by atoms with E-state index in [4.69, 9.17) is 5.73 Å². The van der Waals surface area contributed by atoms with E-state index in [1.807, 2.05) is 23.8 Å². The summed E-state index contributed by atoms with van der Waals surface area (Å²) in [6, 6.07) is 5.35. The molecule has 2 rings (SSSR count). The highest BCUT2D eigenvalue weighted by atomic mass is 79.9. The molecule has 0 spiro atoms. The van der Waals surface area contributed by atoms with E-state index in [0.717, 1.165) is 10.0 Å². The van der Waals surface area contributed by atoms with Gasteiger partial charge in [-0.15, -0.1) is 0 Å². The van der Waals surface area contributed by atoms with E-state index >= 15 is 0 Å². The third-order valence-electron chi connectivity index (χ3n) is 2.39. The first-order chi connectivity index (χ1) is 7.59. The maximum Gasteiger partial charge on any atom is 0.195 e. The van der Waals surface area contributed by atoms with Crippen LogP contribution in [0.15, 0.2) is 33.4 Å². The van der Waals surface area contributed by atoms with Crippen molar-refractivity contribution in [3.8, 4) is 0 Å². The zero-order valence-electron chi connectivity index (χ0n) is 8.66. The van der Waals surface area contributed by atoms with Crippen molar-refractivity contribution in [2.45, 2.75) is 6.92 Å². The predicted molar refractivity (Wildman–Crippen MR) is 71.0 cm³/mol. The van der Waals surface area contributed by atoms with Crippen molar-refractivity contribution in [1.82, 2.24) is 0 Å². The number of nitrogens with two attached hydrogens (primary N) is 1. The van der Waals surface area contributed by atoms with Gasteiger partial charge in [0.05, 0.1) is 0 Å². The number of rotatable bonds is 2. The Bertz CT molecular complexity index is 548. The number of hydrogen-bond acceptors (Lipinski definition) is 3. The first kappa shape index (κ1) is 11.4. The summed E-state index contributed by atoms with van der Waals surface area (Å²) in [6.45, 7) is 1.90. The fourth-order valence-electron chi connectivity index (χ4n) is 1.42. The molecule has 2 nitrogen and oxygen atoms in total. The Hall–Kier alpha value is -1.13. The summed E-state index contributed by atoms with van der Waals surface area (Å²) in [5, 5.41) is 3.75. The maximum absolute atomic E-state index is 12.1. The summed E-state index contributed by atoms with van der Waals surface area (Å²) in [7, 11) is 0. The van der Waals surface area contributed by atoms with Crippen LogP contribution in [0.3, 0.4) is 0 Å². The fourth-order valence-corrected chi connectivity index (χ4v) is 2.87. The molecule has 0 aliphatic carbocycles. The smallest absolute Gasteiger partial charge is 0.195 e. The number of ketones is 1. The lowest BCUT2D eigenvalue weighted by molar-refractivity contribution is 0.103. The fraction of sp³-hybridized carbons (Fsp3) is 0.0833. The monoisotopic (exact) mass is 295 g/mol. The summed E-state index contributed by atoms with van der Waals surface area (Å²) in [5.41, 5.74) is 8.73. The molecule has 0 amide bonds. The second kappa shape index (κ2) is 4.39. The van der Waals surface area contributed by atoms with Crippen LogP contribution in [-0.4, -0.2) is 5.78 Å². The van der Waals surface area contributed by atoms with Gasteiger partial charge in [0.15, 0.2) is 5.78 Å². The molecule has 0 saturated heterocycles. The van der Waals surface area contributed by atoms with Gasteiger partial charge < -0.3 is 5.73 Å². The minimum atomic E-state index is 0.0243. The topological polar surface area (TPSA) is 43.1 Å². The van der Waals surface area contributed by atoms with E-state index in [-0.39, 0.29) is 5.78 Å². The van der Waals surface area contributed by atoms with Crippen LogP contribution in [0.4, 0.5) is 5.69 Å². The van der Waals surface area contributed by atoms with Crippen LogP contribution in [0.25, 0.3) is 0 Å². The molecule has 0 fully saturated rings. The Morgan fingerprint density at radius 3 is 2.69 bits per heavy atom. The Labute approximate surface area is 106 Å². The zero-order valence-corrected chi connectivity index (χ0v) is 11.1. The van der Waals surface area contributed by atoms with Gasteiger partial charge in [0.25, 0.3) is 0 Å². The van der Waals surface area contributed by atoms with Gasteiger partial charge in [0.2, 0.25) is 0 Å². The van der Waals surface area contributed by atoms with Crippen molar-refractivity contribution in [3.05, 3.63) is 50.1 Å². The highest BCUT2D eigenvalue weighted by Gasteiger charge is 2.13. The van der Waals surface area contributed by atoms with Gasteiger partial charge in [0.1, 0.15) is 0 Å². The van der Waals surface area contributed by atoms with Crippen LogP contribution >= 0.6 is 27.3 Å². The largest absolute Gasteiger partial charge is 0.399 e. The zero-order chi connectivity index (χ0) is 11.7. The number of thiophene rings is 1. The molecule has 2 aromatic rings. The molecule has 0 saturated carbocycles. The molecule has 2 N–H and O–H groups in total. The minimum Gasteiger partial charge on any atom is -0.399 e. The van der Waals surface area contributed by atoms with E-state index in [1.165, 1.54) is 11.3 Å². The van der Waals surface area contributed by atoms with E-state index in [1.54, 1.807) is 12.1 Å². The average Bonchev–Trinajstić information content (AvgIpc) is 2.67. The summed E-state index contributed by atoms with van der Waals surface area (Å²) in [5.74, 6) is 0.0243. The van der Waals surface area contributed by atoms with Crippen molar-refractivity contribution in [2.24, 2.45) is 0 Å². The number of halogens is 1. The molecule has 16 heavy (non-hydrogen) atoms. The lowest BCUT2D eigenvalue weighted by Crippen LogP contribution is -2.02. The lowest BCUT2D eigenvalue weighted by atomic mass is 10.0. The van der Waals surface area contributed by atoms with Gasteiger partial charge in [-0.3, -0.25) is 4.79 Å².